The molecule has 1 unspecified atom stereocenters. The maximum atomic E-state index is 5.82. The lowest BCUT2D eigenvalue weighted by molar-refractivity contribution is 0.285. The van der Waals surface area contributed by atoms with Gasteiger partial charge in [0.25, 0.3) is 0 Å². The zero-order valence-electron chi connectivity index (χ0n) is 11.6. The molecule has 2 rings (SSSR count). The van der Waals surface area contributed by atoms with E-state index >= 15 is 0 Å². The largest absolute Gasteiger partial charge is 0.494 e. The summed E-state index contributed by atoms with van der Waals surface area (Å²) in [6, 6.07) is 16.5. The summed E-state index contributed by atoms with van der Waals surface area (Å²) in [7, 11) is 0. The monoisotopic (exact) mass is 474 g/mol. The van der Waals surface area contributed by atoms with Gasteiger partial charge < -0.3 is 4.74 Å². The van der Waals surface area contributed by atoms with Crippen LogP contribution in [0.3, 0.4) is 0 Å². The van der Waals surface area contributed by atoms with Crippen LogP contribution >= 0.6 is 47.8 Å². The highest BCUT2D eigenvalue weighted by atomic mass is 79.9. The lowest BCUT2D eigenvalue weighted by Crippen LogP contribution is -2.11. The van der Waals surface area contributed by atoms with Crippen molar-refractivity contribution >= 4 is 47.8 Å². The van der Waals surface area contributed by atoms with Crippen molar-refractivity contribution in [2.24, 2.45) is 5.92 Å². The fourth-order valence-corrected chi connectivity index (χ4v) is 3.28. The van der Waals surface area contributed by atoms with E-state index in [2.05, 4.69) is 72.1 Å². The van der Waals surface area contributed by atoms with Crippen LogP contribution in [0.1, 0.15) is 12.0 Å². The van der Waals surface area contributed by atoms with E-state index < -0.39 is 0 Å². The number of hydrogen-bond donors (Lipinski definition) is 0. The van der Waals surface area contributed by atoms with Crippen LogP contribution in [0.2, 0.25) is 0 Å². The van der Waals surface area contributed by atoms with Crippen molar-refractivity contribution in [3.8, 4) is 5.75 Å². The van der Waals surface area contributed by atoms with Crippen LogP contribution in [-0.4, -0.2) is 11.9 Å². The molecule has 1 atom stereocenters. The molecule has 0 fully saturated rings. The molecular weight excluding hydrogens is 460 g/mol. The first-order valence-corrected chi connectivity index (χ1v) is 9.57. The Bertz CT molecular complexity index is 554. The van der Waals surface area contributed by atoms with Crippen LogP contribution in [0.25, 0.3) is 0 Å². The highest BCUT2D eigenvalue weighted by Gasteiger charge is 2.09. The summed E-state index contributed by atoms with van der Waals surface area (Å²) in [4.78, 5) is 0. The molecule has 1 nitrogen and oxygen atoms in total. The maximum absolute atomic E-state index is 5.82. The van der Waals surface area contributed by atoms with Gasteiger partial charge in [-0.05, 0) is 54.7 Å². The van der Waals surface area contributed by atoms with Gasteiger partial charge in [0.1, 0.15) is 5.75 Å². The van der Waals surface area contributed by atoms with E-state index in [0.717, 1.165) is 39.5 Å². The average Bonchev–Trinajstić information content (AvgIpc) is 2.48. The van der Waals surface area contributed by atoms with Gasteiger partial charge in [-0.1, -0.05) is 66.0 Å². The van der Waals surface area contributed by atoms with Gasteiger partial charge in [-0.15, -0.1) is 0 Å². The van der Waals surface area contributed by atoms with Gasteiger partial charge in [-0.25, -0.2) is 0 Å². The summed E-state index contributed by atoms with van der Waals surface area (Å²) in [6.07, 6.45) is 2.11. The fourth-order valence-electron chi connectivity index (χ4n) is 2.09. The Morgan fingerprint density at radius 2 is 1.71 bits per heavy atom. The molecule has 21 heavy (non-hydrogen) atoms. The average molecular weight is 477 g/mol. The first-order valence-electron chi connectivity index (χ1n) is 6.86. The standard InChI is InChI=1S/C17H17Br3O/c18-12-14(10-13-4-6-15(19)7-5-13)8-9-21-17-3-1-2-16(20)11-17/h1-7,11,14H,8-10,12H2. The molecule has 0 aliphatic heterocycles. The van der Waals surface area contributed by atoms with Crippen molar-refractivity contribution in [3.05, 3.63) is 63.0 Å². The van der Waals surface area contributed by atoms with E-state index in [1.165, 1.54) is 5.56 Å². The quantitative estimate of drug-likeness (QED) is 0.430. The summed E-state index contributed by atoms with van der Waals surface area (Å²) in [6.45, 7) is 0.739. The van der Waals surface area contributed by atoms with Crippen LogP contribution in [-0.2, 0) is 6.42 Å². The van der Waals surface area contributed by atoms with Crippen molar-refractivity contribution in [1.29, 1.82) is 0 Å². The third kappa shape index (κ3) is 6.13. The second-order valence-corrected chi connectivity index (χ2v) is 7.42. The minimum Gasteiger partial charge on any atom is -0.494 e. The minimum atomic E-state index is 0.582. The molecule has 0 aliphatic rings. The van der Waals surface area contributed by atoms with Crippen LogP contribution in [0.15, 0.2) is 57.5 Å². The van der Waals surface area contributed by atoms with E-state index in [1.54, 1.807) is 0 Å². The lowest BCUT2D eigenvalue weighted by atomic mass is 9.98. The molecule has 0 amide bonds. The molecule has 0 saturated carbocycles. The van der Waals surface area contributed by atoms with Crippen molar-refractivity contribution in [2.75, 3.05) is 11.9 Å². The number of alkyl halides is 1. The van der Waals surface area contributed by atoms with Gasteiger partial charge >= 0.3 is 0 Å². The van der Waals surface area contributed by atoms with Crippen LogP contribution in [0.5, 0.6) is 5.75 Å². The minimum absolute atomic E-state index is 0.582. The zero-order chi connectivity index (χ0) is 15.1. The number of ether oxygens (including phenoxy) is 1. The third-order valence-corrected chi connectivity index (χ3v) is 5.18. The Kier molecular flexibility index (Phi) is 7.27. The van der Waals surface area contributed by atoms with Crippen molar-refractivity contribution in [3.63, 3.8) is 0 Å². The molecule has 0 spiro atoms. The van der Waals surface area contributed by atoms with Crippen LogP contribution < -0.4 is 4.74 Å². The smallest absolute Gasteiger partial charge is 0.120 e. The highest BCUT2D eigenvalue weighted by molar-refractivity contribution is 9.10. The van der Waals surface area contributed by atoms with Crippen LogP contribution in [0, 0.1) is 5.92 Å². The molecule has 2 aromatic carbocycles. The molecule has 0 heterocycles. The van der Waals surface area contributed by atoms with Crippen molar-refractivity contribution in [2.45, 2.75) is 12.8 Å². The molecule has 4 heteroatoms. The predicted octanol–water partition coefficient (Wildman–Crippen LogP) is 6.23. The Labute approximate surface area is 151 Å². The van der Waals surface area contributed by atoms with Gasteiger partial charge in [0, 0.05) is 14.3 Å². The summed E-state index contributed by atoms with van der Waals surface area (Å²) < 4.78 is 7.99. The van der Waals surface area contributed by atoms with Gasteiger partial charge in [0.2, 0.25) is 0 Å². The molecular formula is C17H17Br3O. The predicted molar refractivity (Wildman–Crippen MR) is 99.4 cm³/mol. The second-order valence-electron chi connectivity index (χ2n) is 4.95. The topological polar surface area (TPSA) is 9.23 Å². The molecule has 0 radical (unpaired) electrons. The first kappa shape index (κ1) is 17.0. The summed E-state index contributed by atoms with van der Waals surface area (Å²) in [5, 5.41) is 0.991. The molecule has 0 aromatic heterocycles. The van der Waals surface area contributed by atoms with Gasteiger partial charge in [-0.3, -0.25) is 0 Å². The van der Waals surface area contributed by atoms with E-state index in [1.807, 2.05) is 24.3 Å². The fraction of sp³-hybridized carbons (Fsp3) is 0.294. The number of hydrogen-bond acceptors (Lipinski definition) is 1. The van der Waals surface area contributed by atoms with Gasteiger partial charge in [0.15, 0.2) is 0 Å². The molecule has 0 saturated heterocycles. The first-order chi connectivity index (χ1) is 10.2. The van der Waals surface area contributed by atoms with Gasteiger partial charge in [-0.2, -0.15) is 0 Å². The Balaban J connectivity index is 1.81. The molecule has 2 aromatic rings. The molecule has 0 N–H and O–H groups in total. The van der Waals surface area contributed by atoms with E-state index in [-0.39, 0.29) is 0 Å². The molecule has 0 bridgehead atoms. The van der Waals surface area contributed by atoms with Crippen LogP contribution in [0.4, 0.5) is 0 Å². The van der Waals surface area contributed by atoms with Crippen molar-refractivity contribution < 1.29 is 4.74 Å². The second kappa shape index (κ2) is 8.96. The molecule has 112 valence electrons. The molecule has 0 aliphatic carbocycles. The Morgan fingerprint density at radius 1 is 0.952 bits per heavy atom. The zero-order valence-corrected chi connectivity index (χ0v) is 16.3. The number of benzene rings is 2. The summed E-state index contributed by atoms with van der Waals surface area (Å²) in [5.41, 5.74) is 1.37. The van der Waals surface area contributed by atoms with Crippen molar-refractivity contribution in [1.82, 2.24) is 0 Å². The summed E-state index contributed by atoms with van der Waals surface area (Å²) >= 11 is 10.5. The lowest BCUT2D eigenvalue weighted by Gasteiger charge is -2.15. The van der Waals surface area contributed by atoms with E-state index in [4.69, 9.17) is 4.74 Å². The number of rotatable bonds is 7. The summed E-state index contributed by atoms with van der Waals surface area (Å²) in [5.74, 6) is 1.50. The SMILES string of the molecule is BrCC(CCOc1cccc(Br)c1)Cc1ccc(Br)cc1. The normalized spacial score (nSPS) is 12.1. The Morgan fingerprint density at radius 3 is 2.38 bits per heavy atom. The Hall–Kier alpha value is -0.320. The van der Waals surface area contributed by atoms with E-state index in [0.29, 0.717) is 5.92 Å². The third-order valence-electron chi connectivity index (χ3n) is 3.25. The maximum Gasteiger partial charge on any atom is 0.120 e. The highest BCUT2D eigenvalue weighted by Crippen LogP contribution is 2.20. The number of halogens is 3. The van der Waals surface area contributed by atoms with Gasteiger partial charge in [0.05, 0.1) is 6.61 Å². The van der Waals surface area contributed by atoms with E-state index in [9.17, 15) is 0 Å².